The number of carbonyl (C=O) groups is 1. The van der Waals surface area contributed by atoms with Crippen molar-refractivity contribution in [2.45, 2.75) is 59.8 Å². The monoisotopic (exact) mass is 630 g/mol. The Morgan fingerprint density at radius 1 is 1.02 bits per heavy atom. The quantitative estimate of drug-likeness (QED) is 0.191. The number of halogens is 2. The van der Waals surface area contributed by atoms with E-state index in [0.717, 1.165) is 56.6 Å². The number of hydrogen-bond acceptors (Lipinski definition) is 6. The lowest BCUT2D eigenvalue weighted by molar-refractivity contribution is -0.136. The molecule has 6 rings (SSSR count). The first-order valence-electron chi connectivity index (χ1n) is 14.6. The van der Waals surface area contributed by atoms with E-state index >= 15 is 0 Å². The molecule has 8 nitrogen and oxygen atoms in total. The van der Waals surface area contributed by atoms with Crippen molar-refractivity contribution >= 4 is 40.1 Å². The van der Waals surface area contributed by atoms with E-state index in [1.165, 1.54) is 12.1 Å². The molecule has 0 amide bonds. The number of carboxylic acid groups (broad SMARTS) is 1. The Bertz CT molecular complexity index is 1820. The van der Waals surface area contributed by atoms with E-state index in [9.17, 15) is 14.3 Å². The summed E-state index contributed by atoms with van der Waals surface area (Å²) in [5.74, 6) is -0.196. The summed E-state index contributed by atoms with van der Waals surface area (Å²) in [5, 5.41) is 20.0. The van der Waals surface area contributed by atoms with Crippen molar-refractivity contribution in [1.29, 1.82) is 0 Å². The molecule has 0 unspecified atom stereocenters. The third-order valence-electron chi connectivity index (χ3n) is 7.36. The number of aliphatic hydroxyl groups is 1. The molecular weight excluding hydrogens is 595 g/mol. The molecule has 0 radical (unpaired) electrons. The van der Waals surface area contributed by atoms with E-state index < -0.39 is 11.6 Å². The molecule has 234 valence electrons. The Morgan fingerprint density at radius 3 is 2.24 bits per heavy atom. The van der Waals surface area contributed by atoms with Crippen molar-refractivity contribution in [2.24, 2.45) is 0 Å². The first-order valence-corrected chi connectivity index (χ1v) is 15.0. The predicted molar refractivity (Wildman–Crippen MR) is 175 cm³/mol. The number of aliphatic carboxylic acids is 1. The summed E-state index contributed by atoms with van der Waals surface area (Å²) >= 11 is 6.17. The standard InChI is InChI=1S/C31H26ClFN4O3.C4H10O/c1-18-13-26-28(21-5-7-22(32)8-6-21)25(14-27(38)39)19(2)29-30(26)36(18)11-12-37(29)31-34-15-24(16-35-31)40-17-20-3-9-23(33)10-4-20;1-4(2,3)5/h3-10,13,15-16H,11-12,14,17H2,1-2H3,(H,38,39);5H,1-3H3. The predicted octanol–water partition coefficient (Wildman–Crippen LogP) is 7.64. The van der Waals surface area contributed by atoms with Crippen molar-refractivity contribution in [2.75, 3.05) is 11.4 Å². The van der Waals surface area contributed by atoms with Gasteiger partial charge in [-0.25, -0.2) is 14.4 Å². The number of aryl methyl sites for hydroxylation is 1. The van der Waals surface area contributed by atoms with Gasteiger partial charge >= 0.3 is 5.97 Å². The van der Waals surface area contributed by atoms with Crippen LogP contribution in [0.3, 0.4) is 0 Å². The summed E-state index contributed by atoms with van der Waals surface area (Å²) in [6.07, 6.45) is 3.12. The SMILES string of the molecule is CC(C)(C)O.Cc1c(CC(=O)O)c(-c2ccc(Cl)cc2)c2cc(C)n3c2c1N(c1ncc(OCc2ccc(F)cc2)cn1)CC3. The van der Waals surface area contributed by atoms with Gasteiger partial charge in [-0.1, -0.05) is 35.9 Å². The molecule has 2 N–H and O–H groups in total. The smallest absolute Gasteiger partial charge is 0.307 e. The van der Waals surface area contributed by atoms with Gasteiger partial charge in [0.1, 0.15) is 12.4 Å². The maximum atomic E-state index is 13.2. The topological polar surface area (TPSA) is 101 Å². The normalized spacial score (nSPS) is 12.6. The number of benzene rings is 3. The average molecular weight is 631 g/mol. The number of aromatic nitrogens is 3. The summed E-state index contributed by atoms with van der Waals surface area (Å²) in [5.41, 5.74) is 6.82. The van der Waals surface area contributed by atoms with Gasteiger partial charge in [0.15, 0.2) is 5.75 Å². The van der Waals surface area contributed by atoms with Crippen LogP contribution in [0.4, 0.5) is 16.0 Å². The molecule has 0 saturated carbocycles. The van der Waals surface area contributed by atoms with Gasteiger partial charge in [-0.05, 0) is 92.8 Å². The second-order valence-corrected chi connectivity index (χ2v) is 12.5. The minimum absolute atomic E-state index is 0.123. The first-order chi connectivity index (χ1) is 21.3. The zero-order chi connectivity index (χ0) is 32.5. The molecule has 1 aliphatic rings. The van der Waals surface area contributed by atoms with Gasteiger partial charge in [0.25, 0.3) is 0 Å². The van der Waals surface area contributed by atoms with Crippen LogP contribution in [-0.4, -0.2) is 42.9 Å². The van der Waals surface area contributed by atoms with Gasteiger partial charge in [-0.3, -0.25) is 4.79 Å². The van der Waals surface area contributed by atoms with Crippen LogP contribution in [-0.2, 0) is 24.4 Å². The summed E-state index contributed by atoms with van der Waals surface area (Å²) in [6, 6.07) is 15.8. The second-order valence-electron chi connectivity index (χ2n) is 12.1. The lowest BCUT2D eigenvalue weighted by Gasteiger charge is -2.33. The number of ether oxygens (including phenoxy) is 1. The van der Waals surface area contributed by atoms with E-state index in [4.69, 9.17) is 21.4 Å². The van der Waals surface area contributed by atoms with E-state index in [-0.39, 0.29) is 18.8 Å². The lowest BCUT2D eigenvalue weighted by Crippen LogP contribution is -2.30. The molecule has 45 heavy (non-hydrogen) atoms. The van der Waals surface area contributed by atoms with Crippen LogP contribution in [0.15, 0.2) is 67.0 Å². The minimum atomic E-state index is -0.901. The third kappa shape index (κ3) is 7.27. The largest absolute Gasteiger partial charge is 0.486 e. The number of rotatable bonds is 7. The highest BCUT2D eigenvalue weighted by Crippen LogP contribution is 2.46. The molecule has 3 aromatic carbocycles. The molecule has 1 aliphatic heterocycles. The highest BCUT2D eigenvalue weighted by atomic mass is 35.5. The van der Waals surface area contributed by atoms with Gasteiger partial charge in [-0.2, -0.15) is 0 Å². The molecular formula is C35H36ClFN4O4. The fraction of sp³-hybridized carbons (Fsp3) is 0.286. The van der Waals surface area contributed by atoms with Crippen LogP contribution >= 0.6 is 11.6 Å². The summed E-state index contributed by atoms with van der Waals surface area (Å²) in [6.45, 7) is 10.9. The Morgan fingerprint density at radius 2 is 1.64 bits per heavy atom. The lowest BCUT2D eigenvalue weighted by atomic mass is 9.88. The molecule has 0 bridgehead atoms. The average Bonchev–Trinajstić information content (AvgIpc) is 3.31. The van der Waals surface area contributed by atoms with E-state index in [1.807, 2.05) is 31.2 Å². The van der Waals surface area contributed by atoms with Crippen LogP contribution in [0.5, 0.6) is 5.75 Å². The molecule has 5 aromatic rings. The Kier molecular flexibility index (Phi) is 9.13. The molecule has 0 spiro atoms. The first kappa shape index (κ1) is 31.9. The molecule has 0 aliphatic carbocycles. The second kappa shape index (κ2) is 12.9. The van der Waals surface area contributed by atoms with Crippen LogP contribution in [0.25, 0.3) is 22.0 Å². The number of hydrogen-bond donors (Lipinski definition) is 2. The Labute approximate surface area is 266 Å². The molecule has 3 heterocycles. The van der Waals surface area contributed by atoms with Crippen molar-refractivity contribution in [3.63, 3.8) is 0 Å². The molecule has 0 atom stereocenters. The highest BCUT2D eigenvalue weighted by molar-refractivity contribution is 6.30. The number of nitrogens with zero attached hydrogens (tertiary/aromatic N) is 4. The summed E-state index contributed by atoms with van der Waals surface area (Å²) in [4.78, 5) is 23.3. The van der Waals surface area contributed by atoms with Gasteiger partial charge in [0, 0.05) is 29.2 Å². The van der Waals surface area contributed by atoms with Crippen molar-refractivity contribution in [1.82, 2.24) is 14.5 Å². The molecule has 2 aromatic heterocycles. The fourth-order valence-corrected chi connectivity index (χ4v) is 5.64. The van der Waals surface area contributed by atoms with Crippen molar-refractivity contribution in [3.05, 3.63) is 100 Å². The van der Waals surface area contributed by atoms with E-state index in [2.05, 4.69) is 32.4 Å². The highest BCUT2D eigenvalue weighted by Gasteiger charge is 2.30. The van der Waals surface area contributed by atoms with Gasteiger partial charge in [0.05, 0.1) is 35.6 Å². The molecule has 0 fully saturated rings. The third-order valence-corrected chi connectivity index (χ3v) is 7.61. The Balaban J connectivity index is 0.000000743. The van der Waals surface area contributed by atoms with Crippen molar-refractivity contribution < 1.29 is 24.1 Å². The molecule has 0 saturated heterocycles. The molecule has 10 heteroatoms. The van der Waals surface area contributed by atoms with Crippen LogP contribution in [0, 0.1) is 19.7 Å². The van der Waals surface area contributed by atoms with Crippen LogP contribution < -0.4 is 9.64 Å². The number of carboxylic acids is 1. The van der Waals surface area contributed by atoms with Gasteiger partial charge < -0.3 is 24.4 Å². The maximum Gasteiger partial charge on any atom is 0.307 e. The number of anilines is 2. The maximum absolute atomic E-state index is 13.2. The fourth-order valence-electron chi connectivity index (χ4n) is 5.51. The van der Waals surface area contributed by atoms with Gasteiger partial charge in [0.2, 0.25) is 5.95 Å². The van der Waals surface area contributed by atoms with Crippen LogP contribution in [0.1, 0.15) is 43.2 Å². The van der Waals surface area contributed by atoms with Crippen molar-refractivity contribution in [3.8, 4) is 16.9 Å². The van der Waals surface area contributed by atoms with E-state index in [1.54, 1.807) is 45.3 Å². The minimum Gasteiger partial charge on any atom is -0.486 e. The van der Waals surface area contributed by atoms with Crippen LogP contribution in [0.2, 0.25) is 5.02 Å². The zero-order valence-corrected chi connectivity index (χ0v) is 26.7. The van der Waals surface area contributed by atoms with Gasteiger partial charge in [-0.15, -0.1) is 0 Å². The Hall–Kier alpha value is -4.47. The summed E-state index contributed by atoms with van der Waals surface area (Å²) in [7, 11) is 0. The van der Waals surface area contributed by atoms with E-state index in [0.29, 0.717) is 23.3 Å². The zero-order valence-electron chi connectivity index (χ0n) is 25.9. The summed E-state index contributed by atoms with van der Waals surface area (Å²) < 4.78 is 21.3.